The molecule has 1 aliphatic heterocycles. The lowest BCUT2D eigenvalue weighted by molar-refractivity contribution is -0.0804. The SMILES string of the molecule is COc1cccc(CC(CN)C2OCCO2)c1. The lowest BCUT2D eigenvalue weighted by Crippen LogP contribution is -2.30. The van der Waals surface area contributed by atoms with Gasteiger partial charge in [0.25, 0.3) is 0 Å². The molecule has 94 valence electrons. The Bertz CT molecular complexity index is 350. The monoisotopic (exact) mass is 237 g/mol. The standard InChI is InChI=1S/C13H19NO3/c1-15-12-4-2-3-10(8-12)7-11(9-14)13-16-5-6-17-13/h2-4,8,11,13H,5-7,9,14H2,1H3. The van der Waals surface area contributed by atoms with E-state index in [0.29, 0.717) is 19.8 Å². The van der Waals surface area contributed by atoms with E-state index in [1.54, 1.807) is 7.11 Å². The molecule has 1 saturated heterocycles. The zero-order valence-electron chi connectivity index (χ0n) is 10.1. The molecular formula is C13H19NO3. The highest BCUT2D eigenvalue weighted by atomic mass is 16.7. The summed E-state index contributed by atoms with van der Waals surface area (Å²) in [4.78, 5) is 0. The molecule has 1 aromatic rings. The van der Waals surface area contributed by atoms with E-state index < -0.39 is 0 Å². The highest BCUT2D eigenvalue weighted by Gasteiger charge is 2.25. The molecule has 0 radical (unpaired) electrons. The van der Waals surface area contributed by atoms with Crippen LogP contribution in [0.15, 0.2) is 24.3 Å². The van der Waals surface area contributed by atoms with Crippen LogP contribution in [0, 0.1) is 5.92 Å². The average molecular weight is 237 g/mol. The smallest absolute Gasteiger partial charge is 0.162 e. The molecule has 2 rings (SSSR count). The number of rotatable bonds is 5. The van der Waals surface area contributed by atoms with Crippen LogP contribution in [-0.4, -0.2) is 33.2 Å². The maximum absolute atomic E-state index is 5.78. The van der Waals surface area contributed by atoms with Gasteiger partial charge in [-0.15, -0.1) is 0 Å². The molecule has 0 aliphatic carbocycles. The maximum Gasteiger partial charge on any atom is 0.162 e. The molecule has 17 heavy (non-hydrogen) atoms. The summed E-state index contributed by atoms with van der Waals surface area (Å²) in [6.07, 6.45) is 0.685. The van der Waals surface area contributed by atoms with Crippen molar-refractivity contribution in [1.82, 2.24) is 0 Å². The second-order valence-corrected chi connectivity index (χ2v) is 4.16. The molecule has 0 amide bonds. The van der Waals surface area contributed by atoms with Crippen LogP contribution in [0.3, 0.4) is 0 Å². The minimum atomic E-state index is -0.161. The van der Waals surface area contributed by atoms with E-state index in [4.69, 9.17) is 19.9 Å². The maximum atomic E-state index is 5.78. The predicted octanol–water partition coefficient (Wildman–Crippen LogP) is 1.19. The second-order valence-electron chi connectivity index (χ2n) is 4.16. The van der Waals surface area contributed by atoms with Crippen molar-refractivity contribution < 1.29 is 14.2 Å². The third-order valence-corrected chi connectivity index (χ3v) is 2.97. The number of methoxy groups -OCH3 is 1. The molecule has 1 unspecified atom stereocenters. The van der Waals surface area contributed by atoms with Gasteiger partial charge in [-0.3, -0.25) is 0 Å². The molecule has 0 aromatic heterocycles. The van der Waals surface area contributed by atoms with Crippen molar-refractivity contribution in [3.63, 3.8) is 0 Å². The van der Waals surface area contributed by atoms with E-state index in [-0.39, 0.29) is 12.2 Å². The fourth-order valence-electron chi connectivity index (χ4n) is 2.04. The minimum Gasteiger partial charge on any atom is -0.497 e. The molecular weight excluding hydrogens is 218 g/mol. The average Bonchev–Trinajstić information content (AvgIpc) is 2.90. The van der Waals surface area contributed by atoms with Crippen LogP contribution in [0.5, 0.6) is 5.75 Å². The summed E-state index contributed by atoms with van der Waals surface area (Å²) >= 11 is 0. The third-order valence-electron chi connectivity index (χ3n) is 2.97. The third kappa shape index (κ3) is 3.19. The van der Waals surface area contributed by atoms with Crippen molar-refractivity contribution in [1.29, 1.82) is 0 Å². The van der Waals surface area contributed by atoms with Gasteiger partial charge in [-0.1, -0.05) is 12.1 Å². The van der Waals surface area contributed by atoms with Crippen molar-refractivity contribution in [2.75, 3.05) is 26.9 Å². The van der Waals surface area contributed by atoms with Gasteiger partial charge in [0.1, 0.15) is 5.75 Å². The molecule has 1 aliphatic rings. The molecule has 4 heteroatoms. The van der Waals surface area contributed by atoms with Gasteiger partial charge < -0.3 is 19.9 Å². The normalized spacial score (nSPS) is 18.2. The van der Waals surface area contributed by atoms with Crippen molar-refractivity contribution in [2.24, 2.45) is 11.7 Å². The van der Waals surface area contributed by atoms with Crippen molar-refractivity contribution in [2.45, 2.75) is 12.7 Å². The van der Waals surface area contributed by atoms with Crippen LogP contribution < -0.4 is 10.5 Å². The van der Waals surface area contributed by atoms with Crippen molar-refractivity contribution in [3.05, 3.63) is 29.8 Å². The van der Waals surface area contributed by atoms with Gasteiger partial charge in [0.2, 0.25) is 0 Å². The van der Waals surface area contributed by atoms with Crippen LogP contribution in [0.25, 0.3) is 0 Å². The minimum absolute atomic E-state index is 0.161. The van der Waals surface area contributed by atoms with Crippen molar-refractivity contribution >= 4 is 0 Å². The van der Waals surface area contributed by atoms with E-state index in [1.165, 1.54) is 5.56 Å². The Morgan fingerprint density at radius 3 is 2.82 bits per heavy atom. The Labute approximate surface area is 102 Å². The number of hydrogen-bond acceptors (Lipinski definition) is 4. The first-order valence-corrected chi connectivity index (χ1v) is 5.89. The van der Waals surface area contributed by atoms with Crippen LogP contribution >= 0.6 is 0 Å². The predicted molar refractivity (Wildman–Crippen MR) is 64.9 cm³/mol. The number of hydrogen-bond donors (Lipinski definition) is 1. The van der Waals surface area contributed by atoms with Gasteiger partial charge in [0.05, 0.1) is 20.3 Å². The zero-order chi connectivity index (χ0) is 12.1. The van der Waals surface area contributed by atoms with Gasteiger partial charge in [-0.25, -0.2) is 0 Å². The Balaban J connectivity index is 2.01. The van der Waals surface area contributed by atoms with E-state index in [2.05, 4.69) is 6.07 Å². The first-order chi connectivity index (χ1) is 8.33. The van der Waals surface area contributed by atoms with Crippen LogP contribution in [-0.2, 0) is 15.9 Å². The Morgan fingerprint density at radius 1 is 1.41 bits per heavy atom. The lowest BCUT2D eigenvalue weighted by atomic mass is 9.98. The quantitative estimate of drug-likeness (QED) is 0.835. The van der Waals surface area contributed by atoms with Crippen LogP contribution in [0.1, 0.15) is 5.56 Å². The Morgan fingerprint density at radius 2 is 2.18 bits per heavy atom. The Hall–Kier alpha value is -1.10. The highest BCUT2D eigenvalue weighted by molar-refractivity contribution is 5.28. The zero-order valence-corrected chi connectivity index (χ0v) is 10.1. The van der Waals surface area contributed by atoms with E-state index in [1.807, 2.05) is 18.2 Å². The van der Waals surface area contributed by atoms with Gasteiger partial charge in [-0.05, 0) is 24.1 Å². The largest absolute Gasteiger partial charge is 0.497 e. The molecule has 0 saturated carbocycles. The van der Waals surface area contributed by atoms with Gasteiger partial charge in [-0.2, -0.15) is 0 Å². The topological polar surface area (TPSA) is 53.7 Å². The van der Waals surface area contributed by atoms with Crippen LogP contribution in [0.2, 0.25) is 0 Å². The fourth-order valence-corrected chi connectivity index (χ4v) is 2.04. The number of ether oxygens (including phenoxy) is 3. The van der Waals surface area contributed by atoms with Crippen molar-refractivity contribution in [3.8, 4) is 5.75 Å². The highest BCUT2D eigenvalue weighted by Crippen LogP contribution is 2.21. The molecule has 1 fully saturated rings. The van der Waals surface area contributed by atoms with Crippen LogP contribution in [0.4, 0.5) is 0 Å². The number of nitrogens with two attached hydrogens (primary N) is 1. The molecule has 1 atom stereocenters. The second kappa shape index (κ2) is 6.00. The Kier molecular flexibility index (Phi) is 4.36. The first kappa shape index (κ1) is 12.4. The van der Waals surface area contributed by atoms with E-state index >= 15 is 0 Å². The molecule has 4 nitrogen and oxygen atoms in total. The molecule has 0 spiro atoms. The summed E-state index contributed by atoms with van der Waals surface area (Å²) in [7, 11) is 1.67. The van der Waals surface area contributed by atoms with Gasteiger partial charge >= 0.3 is 0 Å². The van der Waals surface area contributed by atoms with Gasteiger partial charge in [0.15, 0.2) is 6.29 Å². The lowest BCUT2D eigenvalue weighted by Gasteiger charge is -2.20. The van der Waals surface area contributed by atoms with E-state index in [0.717, 1.165) is 12.2 Å². The summed E-state index contributed by atoms with van der Waals surface area (Å²) in [6.45, 7) is 1.89. The van der Waals surface area contributed by atoms with Gasteiger partial charge in [0, 0.05) is 12.5 Å². The molecule has 1 heterocycles. The first-order valence-electron chi connectivity index (χ1n) is 5.89. The summed E-state index contributed by atoms with van der Waals surface area (Å²) in [6, 6.07) is 8.01. The fraction of sp³-hybridized carbons (Fsp3) is 0.538. The molecule has 2 N–H and O–H groups in total. The summed E-state index contributed by atoms with van der Waals surface area (Å²) < 4.78 is 16.2. The number of benzene rings is 1. The summed E-state index contributed by atoms with van der Waals surface area (Å²) in [5.41, 5.74) is 6.97. The summed E-state index contributed by atoms with van der Waals surface area (Å²) in [5, 5.41) is 0. The molecule has 0 bridgehead atoms. The summed E-state index contributed by atoms with van der Waals surface area (Å²) in [5.74, 6) is 1.07. The van der Waals surface area contributed by atoms with E-state index in [9.17, 15) is 0 Å². The molecule has 1 aromatic carbocycles.